The Morgan fingerprint density at radius 1 is 1.20 bits per heavy atom. The average molecular weight is 281 g/mol. The van der Waals surface area contributed by atoms with E-state index in [2.05, 4.69) is 80.3 Å². The van der Waals surface area contributed by atoms with Crippen molar-refractivity contribution in [1.29, 1.82) is 0 Å². The maximum atomic E-state index is 3.86. The molecular weight excluding hydrogens is 260 g/mol. The second-order valence-electron chi connectivity index (χ2n) is 4.51. The smallest absolute Gasteiger partial charge is 0.0989 e. The summed E-state index contributed by atoms with van der Waals surface area (Å²) in [5.74, 6) is 0. The number of hydrogen-bond acceptors (Lipinski definition) is 0. The average Bonchev–Trinajstić information content (AvgIpc) is 2.50. The van der Waals surface area contributed by atoms with Crippen molar-refractivity contribution in [2.24, 2.45) is 0 Å². The summed E-state index contributed by atoms with van der Waals surface area (Å²) in [5.41, 5.74) is 0. The van der Waals surface area contributed by atoms with Gasteiger partial charge in [0.05, 0.1) is 10.9 Å². The van der Waals surface area contributed by atoms with E-state index in [9.17, 15) is 0 Å². The van der Waals surface area contributed by atoms with Crippen LogP contribution in [0.5, 0.6) is 0 Å². The lowest BCUT2D eigenvalue weighted by molar-refractivity contribution is 1.03. The molecule has 0 aliphatic heterocycles. The van der Waals surface area contributed by atoms with Gasteiger partial charge in [0.25, 0.3) is 0 Å². The molecule has 0 fully saturated rings. The van der Waals surface area contributed by atoms with Crippen molar-refractivity contribution in [1.82, 2.24) is 0 Å². The Morgan fingerprint density at radius 2 is 2.00 bits per heavy atom. The summed E-state index contributed by atoms with van der Waals surface area (Å²) in [5, 5.41) is 0. The molecule has 0 spiro atoms. The fourth-order valence-electron chi connectivity index (χ4n) is 2.18. The van der Waals surface area contributed by atoms with Crippen LogP contribution in [0.15, 0.2) is 94.1 Å². The number of hydrogen-bond donors (Lipinski definition) is 0. The summed E-state index contributed by atoms with van der Waals surface area (Å²) in [4.78, 5) is 4.08. The van der Waals surface area contributed by atoms with Gasteiger partial charge >= 0.3 is 0 Å². The molecule has 1 aliphatic carbocycles. The van der Waals surface area contributed by atoms with Gasteiger partial charge in [-0.2, -0.15) is 0 Å². The van der Waals surface area contributed by atoms with Crippen LogP contribution < -0.4 is 0 Å². The highest BCUT2D eigenvalue weighted by Crippen LogP contribution is 2.32. The first-order valence-corrected chi connectivity index (χ1v) is 8.20. The highest BCUT2D eigenvalue weighted by atomic mass is 32.2. The van der Waals surface area contributed by atoms with Crippen LogP contribution in [-0.2, 0) is 10.9 Å². The summed E-state index contributed by atoms with van der Waals surface area (Å²) in [6.45, 7) is 5.92. The second kappa shape index (κ2) is 7.76. The van der Waals surface area contributed by atoms with Gasteiger partial charge in [-0.1, -0.05) is 43.0 Å². The van der Waals surface area contributed by atoms with E-state index in [1.807, 2.05) is 6.08 Å². The van der Waals surface area contributed by atoms with E-state index >= 15 is 0 Å². The van der Waals surface area contributed by atoms with Gasteiger partial charge in [0.15, 0.2) is 14.7 Å². The third kappa shape index (κ3) is 3.64. The van der Waals surface area contributed by atoms with E-state index in [0.717, 1.165) is 12.8 Å². The monoisotopic (exact) mass is 281 g/mol. The van der Waals surface area contributed by atoms with E-state index in [-0.39, 0.29) is 10.9 Å². The quantitative estimate of drug-likeness (QED) is 0.491. The van der Waals surface area contributed by atoms with Crippen molar-refractivity contribution in [2.75, 3.05) is 0 Å². The zero-order valence-corrected chi connectivity index (χ0v) is 12.8. The molecule has 1 aromatic carbocycles. The minimum absolute atomic E-state index is 0.0345. The van der Waals surface area contributed by atoms with E-state index in [1.165, 1.54) is 14.7 Å². The van der Waals surface area contributed by atoms with Crippen LogP contribution in [0.3, 0.4) is 0 Å². The van der Waals surface area contributed by atoms with Crippen LogP contribution in [0.1, 0.15) is 19.8 Å². The van der Waals surface area contributed by atoms with Crippen molar-refractivity contribution in [3.05, 3.63) is 89.3 Å². The highest BCUT2D eigenvalue weighted by Gasteiger charge is 2.30. The van der Waals surface area contributed by atoms with Crippen molar-refractivity contribution in [3.63, 3.8) is 0 Å². The van der Waals surface area contributed by atoms with Crippen molar-refractivity contribution >= 4 is 10.9 Å². The van der Waals surface area contributed by atoms with Crippen LogP contribution >= 0.6 is 0 Å². The Labute approximate surface area is 125 Å². The first-order valence-electron chi connectivity index (χ1n) is 6.98. The van der Waals surface area contributed by atoms with Gasteiger partial charge in [0.2, 0.25) is 0 Å². The van der Waals surface area contributed by atoms with E-state index in [1.54, 1.807) is 0 Å². The molecular formula is C19H21S+. The van der Waals surface area contributed by atoms with Gasteiger partial charge in [-0.15, -0.1) is 0 Å². The third-order valence-electron chi connectivity index (χ3n) is 3.02. The first-order chi connectivity index (χ1) is 9.86. The molecule has 1 heteroatoms. The lowest BCUT2D eigenvalue weighted by Gasteiger charge is -2.11. The van der Waals surface area contributed by atoms with Gasteiger partial charge in [0.1, 0.15) is 0 Å². The van der Waals surface area contributed by atoms with Crippen LogP contribution in [0.25, 0.3) is 0 Å². The summed E-state index contributed by atoms with van der Waals surface area (Å²) in [6, 6.07) is 10.7. The molecule has 0 saturated heterocycles. The maximum Gasteiger partial charge on any atom is 0.166 e. The van der Waals surface area contributed by atoms with Crippen LogP contribution in [0.4, 0.5) is 0 Å². The Morgan fingerprint density at radius 3 is 2.60 bits per heavy atom. The van der Waals surface area contributed by atoms with E-state index in [0.29, 0.717) is 0 Å². The van der Waals surface area contributed by atoms with Crippen LogP contribution in [0.2, 0.25) is 0 Å². The molecule has 0 nitrogen and oxygen atoms in total. The van der Waals surface area contributed by atoms with Gasteiger partial charge in [-0.05, 0) is 56.2 Å². The molecule has 0 saturated carbocycles. The molecule has 20 heavy (non-hydrogen) atoms. The predicted molar refractivity (Wildman–Crippen MR) is 91.6 cm³/mol. The largest absolute Gasteiger partial charge is 0.166 e. The lowest BCUT2D eigenvalue weighted by Crippen LogP contribution is -2.08. The fourth-order valence-corrected chi connectivity index (χ4v) is 4.44. The van der Waals surface area contributed by atoms with Crippen molar-refractivity contribution in [2.45, 2.75) is 24.7 Å². The molecule has 2 rings (SSSR count). The number of allylic oxidation sites excluding steroid dienone is 7. The van der Waals surface area contributed by atoms with Gasteiger partial charge in [-0.25, -0.2) is 0 Å². The number of benzene rings is 1. The minimum atomic E-state index is -0.0345. The molecule has 0 heterocycles. The molecule has 0 N–H and O–H groups in total. The Balaban J connectivity index is 2.48. The Hall–Kier alpha value is -1.73. The third-order valence-corrected chi connectivity index (χ3v) is 5.29. The van der Waals surface area contributed by atoms with E-state index in [4.69, 9.17) is 0 Å². The molecule has 1 aliphatic rings. The normalized spacial score (nSPS) is 17.1. The molecule has 102 valence electrons. The zero-order chi connectivity index (χ0) is 14.2. The zero-order valence-electron chi connectivity index (χ0n) is 12.0. The van der Waals surface area contributed by atoms with Crippen molar-refractivity contribution in [3.8, 4) is 0 Å². The maximum absolute atomic E-state index is 3.86. The summed E-state index contributed by atoms with van der Waals surface area (Å²) in [7, 11) is -0.0345. The predicted octanol–water partition coefficient (Wildman–Crippen LogP) is 5.54. The summed E-state index contributed by atoms with van der Waals surface area (Å²) in [6.07, 6.45) is 17.5. The SMILES string of the molecule is C=C/C=C(\C=C/C)[S+](C1=CCCC=C1)c1ccccc1. The lowest BCUT2D eigenvalue weighted by atomic mass is 10.2. The standard InChI is InChI=1S/C19H21S/c1-3-11-17(12-4-2)20(18-13-7-5-8-14-18)19-15-9-6-10-16-19/h3-5,7-9,11-16H,1,6,10H2,2H3/q+1/b12-4-,17-11+. The fraction of sp³-hybridized carbons (Fsp3) is 0.158. The molecule has 0 radical (unpaired) electrons. The molecule has 1 atom stereocenters. The van der Waals surface area contributed by atoms with Gasteiger partial charge in [0, 0.05) is 0 Å². The Bertz CT molecular complexity index is 559. The second-order valence-corrected chi connectivity index (χ2v) is 6.54. The van der Waals surface area contributed by atoms with Crippen LogP contribution in [0, 0.1) is 0 Å². The van der Waals surface area contributed by atoms with Gasteiger partial charge < -0.3 is 0 Å². The molecule has 1 aromatic rings. The van der Waals surface area contributed by atoms with Crippen molar-refractivity contribution < 1.29 is 0 Å². The molecule has 1 unspecified atom stereocenters. The minimum Gasteiger partial charge on any atom is -0.0989 e. The molecule has 0 amide bonds. The summed E-state index contributed by atoms with van der Waals surface area (Å²) >= 11 is 0. The molecule has 0 bridgehead atoms. The van der Waals surface area contributed by atoms with Gasteiger partial charge in [-0.3, -0.25) is 0 Å². The molecule has 0 aromatic heterocycles. The first kappa shape index (κ1) is 14.7. The topological polar surface area (TPSA) is 0 Å². The van der Waals surface area contributed by atoms with E-state index < -0.39 is 0 Å². The Kier molecular flexibility index (Phi) is 5.69. The van der Waals surface area contributed by atoms with Crippen LogP contribution in [-0.4, -0.2) is 0 Å². The number of rotatable bonds is 5. The highest BCUT2D eigenvalue weighted by molar-refractivity contribution is 8.04. The summed E-state index contributed by atoms with van der Waals surface area (Å²) < 4.78 is 0.